The summed E-state index contributed by atoms with van der Waals surface area (Å²) in [6.45, 7) is -4.01. The quantitative estimate of drug-likeness (QED) is 0.856. The van der Waals surface area contributed by atoms with Gasteiger partial charge in [-0.2, -0.15) is 0 Å². The Bertz CT molecular complexity index is 901. The van der Waals surface area contributed by atoms with E-state index in [1.165, 1.54) is 6.92 Å². The van der Waals surface area contributed by atoms with Gasteiger partial charge in [-0.1, -0.05) is 13.8 Å². The van der Waals surface area contributed by atoms with Gasteiger partial charge in [0.25, 0.3) is 0 Å². The van der Waals surface area contributed by atoms with Gasteiger partial charge >= 0.3 is 0 Å². The predicted octanol–water partition coefficient (Wildman–Crippen LogP) is 1.62. The maximum Gasteiger partial charge on any atom is 0.187 e. The van der Waals surface area contributed by atoms with E-state index >= 15 is 0 Å². The van der Waals surface area contributed by atoms with Gasteiger partial charge in [-0.25, -0.2) is 16.8 Å². The molecule has 0 aromatic carbocycles. The molecule has 110 valence electrons. The maximum absolute atomic E-state index is 12.3. The molecule has 0 spiro atoms. The first kappa shape index (κ1) is 8.76. The van der Waals surface area contributed by atoms with Gasteiger partial charge in [0.2, 0.25) is 0 Å². The van der Waals surface area contributed by atoms with Crippen molar-refractivity contribution in [2.24, 2.45) is 0 Å². The van der Waals surface area contributed by atoms with Crippen LogP contribution < -0.4 is 5.32 Å². The molecule has 0 amide bonds. The van der Waals surface area contributed by atoms with Crippen LogP contribution in [0.4, 0.5) is 0 Å². The number of hydrogen-bond acceptors (Lipinski definition) is 6. The molecule has 0 saturated heterocycles. The van der Waals surface area contributed by atoms with Crippen LogP contribution in [-0.2, 0) is 19.7 Å². The second-order valence-electron chi connectivity index (χ2n) is 3.73. The highest BCUT2D eigenvalue weighted by molar-refractivity contribution is 7.95. The van der Waals surface area contributed by atoms with Crippen molar-refractivity contribution in [1.82, 2.24) is 5.32 Å². The molecule has 8 heteroatoms. The largest absolute Gasteiger partial charge is 0.310 e. The SMILES string of the molecule is [2H]c1c(S(C)(=O)=O)sc(S(=O)(=O)CC)c1[C@]([2H])(C)NC([2H])([2H])C([2H])([2H])[2H]. The third-order valence-corrected chi connectivity index (χ3v) is 7.39. The molecular weight excluding hydrogens is 306 g/mol. The minimum Gasteiger partial charge on any atom is -0.310 e. The lowest BCUT2D eigenvalue weighted by Crippen LogP contribution is -2.19. The van der Waals surface area contributed by atoms with E-state index in [0.29, 0.717) is 11.3 Å². The minimum absolute atomic E-state index is 0.298. The molecule has 19 heavy (non-hydrogen) atoms. The molecule has 1 rings (SSSR count). The van der Waals surface area contributed by atoms with Crippen LogP contribution in [0.25, 0.3) is 0 Å². The Morgan fingerprint density at radius 1 is 1.58 bits per heavy atom. The Morgan fingerprint density at radius 3 is 2.68 bits per heavy atom. The summed E-state index contributed by atoms with van der Waals surface area (Å²) in [6.07, 6.45) is 0.777. The Labute approximate surface area is 128 Å². The summed E-state index contributed by atoms with van der Waals surface area (Å²) in [7, 11) is -8.04. The number of nitrogens with one attached hydrogen (secondary N) is 1. The van der Waals surface area contributed by atoms with Crippen molar-refractivity contribution in [3.63, 3.8) is 0 Å². The summed E-state index contributed by atoms with van der Waals surface area (Å²) in [4.78, 5) is 0. The standard InChI is InChI=1S/C11H19NO4S3/c1-5-12-8(3)9-7-10(18(4,13)14)17-11(9)19(15,16)6-2/h7-8,12H,5-6H2,1-4H3/t8-/m0/s1/i1D3,5D2,7D,8D. The monoisotopic (exact) mass is 332 g/mol. The normalized spacial score (nSPS) is 23.0. The second kappa shape index (κ2) is 5.90. The average Bonchev–Trinajstić information content (AvgIpc) is 2.75. The first-order chi connectivity index (χ1) is 11.3. The molecule has 0 aliphatic rings. The predicted molar refractivity (Wildman–Crippen MR) is 77.2 cm³/mol. The smallest absolute Gasteiger partial charge is 0.187 e. The summed E-state index contributed by atoms with van der Waals surface area (Å²) < 4.78 is 100. The van der Waals surface area contributed by atoms with Gasteiger partial charge in [0.1, 0.15) is 8.42 Å². The van der Waals surface area contributed by atoms with Crippen molar-refractivity contribution in [3.8, 4) is 0 Å². The molecule has 0 aliphatic carbocycles. The van der Waals surface area contributed by atoms with E-state index in [2.05, 4.69) is 0 Å². The molecule has 1 aromatic rings. The molecular formula is C11H19NO4S3. The van der Waals surface area contributed by atoms with E-state index in [-0.39, 0.29) is 0 Å². The fourth-order valence-electron chi connectivity index (χ4n) is 1.24. The van der Waals surface area contributed by atoms with E-state index in [1.807, 2.05) is 5.32 Å². The topological polar surface area (TPSA) is 80.3 Å². The Morgan fingerprint density at radius 2 is 2.21 bits per heavy atom. The maximum atomic E-state index is 12.3. The summed E-state index contributed by atoms with van der Waals surface area (Å²) in [5, 5.41) is 1.90. The van der Waals surface area contributed by atoms with Crippen LogP contribution in [-0.4, -0.2) is 35.3 Å². The average molecular weight is 333 g/mol. The fraction of sp³-hybridized carbons (Fsp3) is 0.636. The molecule has 0 aliphatic heterocycles. The number of rotatable bonds is 6. The third kappa shape index (κ3) is 3.77. The molecule has 0 radical (unpaired) electrons. The molecule has 1 N–H and O–H groups in total. The Kier molecular flexibility index (Phi) is 2.72. The summed E-state index contributed by atoms with van der Waals surface area (Å²) >= 11 is 0.298. The van der Waals surface area contributed by atoms with Crippen LogP contribution >= 0.6 is 11.3 Å². The molecule has 0 saturated carbocycles. The molecule has 0 unspecified atom stereocenters. The Hall–Kier alpha value is -0.440. The van der Waals surface area contributed by atoms with Crippen molar-refractivity contribution in [3.05, 3.63) is 11.6 Å². The number of thiophene rings is 1. The van der Waals surface area contributed by atoms with Crippen LogP contribution in [0, 0.1) is 0 Å². The van der Waals surface area contributed by atoms with Gasteiger partial charge < -0.3 is 5.32 Å². The lowest BCUT2D eigenvalue weighted by Gasteiger charge is -2.12. The highest BCUT2D eigenvalue weighted by atomic mass is 32.3. The van der Waals surface area contributed by atoms with Gasteiger partial charge in [0.05, 0.1) is 8.49 Å². The molecule has 1 atom stereocenters. The summed E-state index contributed by atoms with van der Waals surface area (Å²) in [5.41, 5.74) is -0.599. The highest BCUT2D eigenvalue weighted by Gasteiger charge is 2.26. The van der Waals surface area contributed by atoms with Gasteiger partial charge in [0.15, 0.2) is 19.7 Å². The van der Waals surface area contributed by atoms with Crippen molar-refractivity contribution < 1.29 is 26.4 Å². The van der Waals surface area contributed by atoms with Crippen LogP contribution in [0.5, 0.6) is 0 Å². The molecule has 0 bridgehead atoms. The van der Waals surface area contributed by atoms with Gasteiger partial charge in [-0.05, 0) is 25.0 Å². The zero-order chi connectivity index (χ0) is 20.9. The van der Waals surface area contributed by atoms with E-state index in [0.717, 1.165) is 13.2 Å². The Balaban J connectivity index is 3.78. The van der Waals surface area contributed by atoms with E-state index in [9.17, 15) is 16.8 Å². The number of hydrogen-bond donors (Lipinski definition) is 1. The first-order valence-corrected chi connectivity index (χ1v) is 9.50. The first-order valence-electron chi connectivity index (χ1n) is 8.64. The second-order valence-corrected chi connectivity index (χ2v) is 9.43. The zero-order valence-corrected chi connectivity index (χ0v) is 13.0. The van der Waals surface area contributed by atoms with Crippen LogP contribution in [0.15, 0.2) is 14.5 Å². The van der Waals surface area contributed by atoms with Gasteiger partial charge in [-0.3, -0.25) is 0 Å². The summed E-state index contributed by atoms with van der Waals surface area (Å²) in [5.74, 6) is -0.439. The van der Waals surface area contributed by atoms with Crippen molar-refractivity contribution >= 4 is 31.0 Å². The molecule has 1 heterocycles. The summed E-state index contributed by atoms with van der Waals surface area (Å²) in [6, 6.07) is -3.16. The highest BCUT2D eigenvalue weighted by Crippen LogP contribution is 2.34. The number of sulfone groups is 2. The van der Waals surface area contributed by atoms with Crippen molar-refractivity contribution in [1.29, 1.82) is 0 Å². The lowest BCUT2D eigenvalue weighted by atomic mass is 10.2. The van der Waals surface area contributed by atoms with Gasteiger partial charge in [0, 0.05) is 19.1 Å². The fourth-order valence-corrected chi connectivity index (χ4v) is 5.05. The van der Waals surface area contributed by atoms with E-state index < -0.39 is 64.8 Å². The minimum atomic E-state index is -4.05. The van der Waals surface area contributed by atoms with Crippen molar-refractivity contribution in [2.45, 2.75) is 35.1 Å². The van der Waals surface area contributed by atoms with E-state index in [1.54, 1.807) is 0 Å². The van der Waals surface area contributed by atoms with E-state index in [4.69, 9.17) is 9.60 Å². The van der Waals surface area contributed by atoms with Gasteiger partial charge in [-0.15, -0.1) is 11.3 Å². The van der Waals surface area contributed by atoms with Crippen LogP contribution in [0.1, 0.15) is 41.9 Å². The third-order valence-electron chi connectivity index (χ3n) is 2.24. The van der Waals surface area contributed by atoms with Crippen LogP contribution in [0.2, 0.25) is 0 Å². The molecule has 1 aromatic heterocycles. The lowest BCUT2D eigenvalue weighted by molar-refractivity contribution is 0.577. The molecule has 5 nitrogen and oxygen atoms in total. The van der Waals surface area contributed by atoms with Crippen LogP contribution in [0.3, 0.4) is 0 Å². The molecule has 0 fully saturated rings. The van der Waals surface area contributed by atoms with Crippen molar-refractivity contribution in [2.75, 3.05) is 18.5 Å². The zero-order valence-electron chi connectivity index (χ0n) is 17.6.